The lowest BCUT2D eigenvalue weighted by molar-refractivity contribution is 0.311. The monoisotopic (exact) mass is 275 g/mol. The van der Waals surface area contributed by atoms with E-state index in [1.54, 1.807) is 10.9 Å². The highest BCUT2D eigenvalue weighted by Gasteiger charge is 2.18. The fraction of sp³-hybridized carbons (Fsp3) is 0.400. The Labute approximate surface area is 117 Å². The summed E-state index contributed by atoms with van der Waals surface area (Å²) in [4.78, 5) is 12.0. The molecule has 3 rings (SSSR count). The van der Waals surface area contributed by atoms with Crippen molar-refractivity contribution < 1.29 is 0 Å². The van der Waals surface area contributed by atoms with E-state index in [1.807, 2.05) is 28.9 Å². The predicted molar refractivity (Wildman–Crippen MR) is 76.0 cm³/mol. The molecule has 0 amide bonds. The third kappa shape index (κ3) is 2.47. The normalized spacial score (nSPS) is 16.7. The summed E-state index contributed by atoms with van der Waals surface area (Å²) in [5, 5.41) is 0.677. The maximum absolute atomic E-state index is 12.0. The highest BCUT2D eigenvalue weighted by molar-refractivity contribution is 6.30. The molecule has 2 aromatic rings. The highest BCUT2D eigenvalue weighted by Crippen LogP contribution is 2.28. The molecule has 0 unspecified atom stereocenters. The Balaban J connectivity index is 2.02. The number of hydrogen-bond acceptors (Lipinski definition) is 1. The van der Waals surface area contributed by atoms with E-state index < -0.39 is 0 Å². The molecule has 1 fully saturated rings. The van der Waals surface area contributed by atoms with Crippen LogP contribution >= 0.6 is 11.6 Å². The molecule has 0 spiro atoms. The van der Waals surface area contributed by atoms with E-state index in [1.165, 1.54) is 19.3 Å². The van der Waals surface area contributed by atoms with Gasteiger partial charge < -0.3 is 0 Å². The van der Waals surface area contributed by atoms with Gasteiger partial charge in [0, 0.05) is 11.2 Å². The van der Waals surface area contributed by atoms with Gasteiger partial charge in [0.2, 0.25) is 0 Å². The molecule has 1 saturated carbocycles. The van der Waals surface area contributed by atoms with E-state index >= 15 is 0 Å². The number of rotatable bonds is 2. The van der Waals surface area contributed by atoms with Gasteiger partial charge in [-0.1, -0.05) is 30.9 Å². The fourth-order valence-electron chi connectivity index (χ4n) is 2.79. The zero-order valence-electron chi connectivity index (χ0n) is 10.7. The molecular formula is C15H16ClN2O. The average molecular weight is 276 g/mol. The van der Waals surface area contributed by atoms with E-state index in [0.29, 0.717) is 11.1 Å². The van der Waals surface area contributed by atoms with Crippen LogP contribution in [-0.2, 0) is 0 Å². The lowest BCUT2D eigenvalue weighted by atomic mass is 9.96. The van der Waals surface area contributed by atoms with Crippen LogP contribution in [0.2, 0.25) is 5.02 Å². The summed E-state index contributed by atoms with van der Waals surface area (Å²) in [5.41, 5.74) is 0.745. The number of aromatic nitrogens is 2. The Bertz CT molecular complexity index is 606. The minimum atomic E-state index is -0.104. The molecule has 99 valence electrons. The second-order valence-electron chi connectivity index (χ2n) is 5.04. The Morgan fingerprint density at radius 2 is 1.79 bits per heavy atom. The van der Waals surface area contributed by atoms with Crippen LogP contribution in [0, 0.1) is 6.07 Å². The Morgan fingerprint density at radius 1 is 1.11 bits per heavy atom. The molecule has 19 heavy (non-hydrogen) atoms. The molecule has 0 atom stereocenters. The molecule has 1 aromatic carbocycles. The molecule has 1 aromatic heterocycles. The smallest absolute Gasteiger partial charge is 0.279 e. The predicted octanol–water partition coefficient (Wildman–Crippen LogP) is 3.60. The van der Waals surface area contributed by atoms with Gasteiger partial charge in [0.05, 0.1) is 17.8 Å². The first-order valence-electron chi connectivity index (χ1n) is 6.73. The summed E-state index contributed by atoms with van der Waals surface area (Å²) in [7, 11) is 0. The maximum Gasteiger partial charge on any atom is 0.279 e. The van der Waals surface area contributed by atoms with Gasteiger partial charge in [0.25, 0.3) is 5.56 Å². The lowest BCUT2D eigenvalue weighted by Gasteiger charge is -2.25. The van der Waals surface area contributed by atoms with Gasteiger partial charge >= 0.3 is 0 Å². The van der Waals surface area contributed by atoms with Crippen molar-refractivity contribution in [3.63, 3.8) is 0 Å². The maximum atomic E-state index is 12.0. The zero-order valence-corrected chi connectivity index (χ0v) is 11.4. The van der Waals surface area contributed by atoms with Crippen molar-refractivity contribution in [2.75, 3.05) is 0 Å². The first-order valence-corrected chi connectivity index (χ1v) is 7.11. The number of nitrogens with zero attached hydrogens (tertiary/aromatic N) is 2. The van der Waals surface area contributed by atoms with Gasteiger partial charge in [-0.2, -0.15) is 0 Å². The van der Waals surface area contributed by atoms with Gasteiger partial charge in [-0.15, -0.1) is 0 Å². The minimum Gasteiger partial charge on any atom is -0.281 e. The Morgan fingerprint density at radius 3 is 2.47 bits per heavy atom. The van der Waals surface area contributed by atoms with Gasteiger partial charge in [0.15, 0.2) is 0 Å². The molecule has 0 bridgehead atoms. The fourth-order valence-corrected chi connectivity index (χ4v) is 2.92. The van der Waals surface area contributed by atoms with Crippen LogP contribution in [0.5, 0.6) is 0 Å². The summed E-state index contributed by atoms with van der Waals surface area (Å²) < 4.78 is 3.73. The molecule has 1 radical (unpaired) electrons. The molecule has 0 N–H and O–H groups in total. The van der Waals surface area contributed by atoms with Crippen LogP contribution in [0.4, 0.5) is 0 Å². The van der Waals surface area contributed by atoms with Crippen LogP contribution in [0.15, 0.2) is 35.3 Å². The molecule has 0 aliphatic heterocycles. The number of benzene rings is 1. The summed E-state index contributed by atoms with van der Waals surface area (Å²) >= 11 is 5.90. The van der Waals surface area contributed by atoms with Crippen molar-refractivity contribution in [1.29, 1.82) is 0 Å². The summed E-state index contributed by atoms with van der Waals surface area (Å²) in [5.74, 6) is 0. The quantitative estimate of drug-likeness (QED) is 0.823. The van der Waals surface area contributed by atoms with Crippen LogP contribution in [-0.4, -0.2) is 9.36 Å². The van der Waals surface area contributed by atoms with E-state index in [9.17, 15) is 4.79 Å². The van der Waals surface area contributed by atoms with Crippen molar-refractivity contribution in [1.82, 2.24) is 9.36 Å². The van der Waals surface area contributed by atoms with E-state index in [4.69, 9.17) is 11.6 Å². The Kier molecular flexibility index (Phi) is 3.47. The summed E-state index contributed by atoms with van der Waals surface area (Å²) in [6.07, 6.45) is 7.82. The van der Waals surface area contributed by atoms with E-state index in [0.717, 1.165) is 18.5 Å². The first-order chi connectivity index (χ1) is 9.25. The minimum absolute atomic E-state index is 0.104. The van der Waals surface area contributed by atoms with Gasteiger partial charge in [-0.05, 0) is 37.1 Å². The third-order valence-corrected chi connectivity index (χ3v) is 4.02. The molecule has 0 saturated heterocycles. The van der Waals surface area contributed by atoms with Gasteiger partial charge in [-0.25, -0.2) is 4.68 Å². The standard InChI is InChI=1S/C15H16ClN2O/c16-12-6-8-14(9-7-12)18-15(19)10-11-17(18)13-4-2-1-3-5-13/h6-9,11,13H,1-5H2. The summed E-state index contributed by atoms with van der Waals surface area (Å²) in [6, 6.07) is 10.5. The van der Waals surface area contributed by atoms with Crippen LogP contribution in [0.1, 0.15) is 38.1 Å². The molecular weight excluding hydrogens is 260 g/mol. The van der Waals surface area contributed by atoms with Crippen molar-refractivity contribution >= 4 is 11.6 Å². The SMILES string of the molecule is O=c1[c]cn(C2CCCCC2)n1-c1ccc(Cl)cc1. The molecule has 1 aliphatic carbocycles. The second kappa shape index (κ2) is 5.25. The van der Waals surface area contributed by atoms with Crippen molar-refractivity contribution in [2.45, 2.75) is 38.1 Å². The molecule has 3 nitrogen and oxygen atoms in total. The van der Waals surface area contributed by atoms with Crippen LogP contribution in [0.3, 0.4) is 0 Å². The Hall–Kier alpha value is -1.48. The molecule has 4 heteroatoms. The number of hydrogen-bond donors (Lipinski definition) is 0. The third-order valence-electron chi connectivity index (χ3n) is 3.76. The lowest BCUT2D eigenvalue weighted by Crippen LogP contribution is -2.25. The van der Waals surface area contributed by atoms with Crippen molar-refractivity contribution in [2.24, 2.45) is 0 Å². The van der Waals surface area contributed by atoms with E-state index in [-0.39, 0.29) is 5.56 Å². The van der Waals surface area contributed by atoms with Crippen molar-refractivity contribution in [3.8, 4) is 5.69 Å². The van der Waals surface area contributed by atoms with Crippen LogP contribution in [0.25, 0.3) is 5.69 Å². The van der Waals surface area contributed by atoms with Crippen LogP contribution < -0.4 is 5.56 Å². The summed E-state index contributed by atoms with van der Waals surface area (Å²) in [6.45, 7) is 0. The van der Waals surface area contributed by atoms with Crippen molar-refractivity contribution in [3.05, 3.63) is 51.9 Å². The molecule has 1 heterocycles. The zero-order chi connectivity index (χ0) is 13.2. The average Bonchev–Trinajstić information content (AvgIpc) is 2.83. The highest BCUT2D eigenvalue weighted by atomic mass is 35.5. The first kappa shape index (κ1) is 12.5. The topological polar surface area (TPSA) is 26.9 Å². The van der Waals surface area contributed by atoms with E-state index in [2.05, 4.69) is 6.07 Å². The van der Waals surface area contributed by atoms with Gasteiger partial charge in [-0.3, -0.25) is 9.48 Å². The number of halogens is 1. The second-order valence-corrected chi connectivity index (χ2v) is 5.48. The largest absolute Gasteiger partial charge is 0.281 e. The van der Waals surface area contributed by atoms with Gasteiger partial charge in [0.1, 0.15) is 0 Å². The molecule has 1 aliphatic rings.